The van der Waals surface area contributed by atoms with E-state index < -0.39 is 5.54 Å². The fourth-order valence-electron chi connectivity index (χ4n) is 4.30. The van der Waals surface area contributed by atoms with Crippen molar-refractivity contribution in [2.75, 3.05) is 26.7 Å². The molecular formula is C17H23N3O3. The van der Waals surface area contributed by atoms with Crippen molar-refractivity contribution in [3.05, 3.63) is 24.2 Å². The topological polar surface area (TPSA) is 57.0 Å². The van der Waals surface area contributed by atoms with Gasteiger partial charge in [-0.2, -0.15) is 0 Å². The minimum absolute atomic E-state index is 0.100. The van der Waals surface area contributed by atoms with E-state index >= 15 is 0 Å². The second-order valence-electron chi connectivity index (χ2n) is 7.00. The Morgan fingerprint density at radius 3 is 2.74 bits per heavy atom. The Hall–Kier alpha value is -1.82. The number of piperazine rings is 1. The molecule has 0 saturated carbocycles. The smallest absolute Gasteiger partial charge is 0.249 e. The van der Waals surface area contributed by atoms with E-state index in [0.29, 0.717) is 19.4 Å². The molecule has 6 nitrogen and oxygen atoms in total. The Morgan fingerprint density at radius 2 is 2.04 bits per heavy atom. The second-order valence-corrected chi connectivity index (χ2v) is 7.00. The lowest BCUT2D eigenvalue weighted by Crippen LogP contribution is -2.71. The van der Waals surface area contributed by atoms with Crippen molar-refractivity contribution >= 4 is 11.8 Å². The van der Waals surface area contributed by atoms with Crippen LogP contribution >= 0.6 is 0 Å². The molecule has 0 radical (unpaired) electrons. The largest absolute Gasteiger partial charge is 0.467 e. The third-order valence-corrected chi connectivity index (χ3v) is 5.69. The van der Waals surface area contributed by atoms with Gasteiger partial charge in [0.05, 0.1) is 12.8 Å². The maximum absolute atomic E-state index is 13.3. The molecule has 1 aromatic rings. The third-order valence-electron chi connectivity index (χ3n) is 5.69. The minimum atomic E-state index is -0.683. The highest BCUT2D eigenvalue weighted by atomic mass is 16.3. The molecule has 1 unspecified atom stereocenters. The molecule has 2 amide bonds. The van der Waals surface area contributed by atoms with Gasteiger partial charge in [-0.25, -0.2) is 0 Å². The number of nitrogens with zero attached hydrogens (tertiary/aromatic N) is 3. The average Bonchev–Trinajstić information content (AvgIpc) is 3.23. The normalized spacial score (nSPS) is 27.8. The molecule has 4 rings (SSSR count). The molecule has 6 heteroatoms. The van der Waals surface area contributed by atoms with Crippen LogP contribution in [0.25, 0.3) is 0 Å². The molecule has 3 fully saturated rings. The highest BCUT2D eigenvalue weighted by Gasteiger charge is 2.57. The lowest BCUT2D eigenvalue weighted by molar-refractivity contribution is -0.173. The van der Waals surface area contributed by atoms with E-state index in [1.807, 2.05) is 21.9 Å². The Kier molecular flexibility index (Phi) is 3.44. The highest BCUT2D eigenvalue weighted by molar-refractivity contribution is 6.00. The number of likely N-dealkylation sites (tertiary alicyclic amines) is 1. The molecular weight excluding hydrogens is 294 g/mol. The van der Waals surface area contributed by atoms with Gasteiger partial charge < -0.3 is 19.1 Å². The molecule has 0 N–H and O–H groups in total. The van der Waals surface area contributed by atoms with Crippen LogP contribution in [0.3, 0.4) is 0 Å². The monoisotopic (exact) mass is 317 g/mol. The van der Waals surface area contributed by atoms with Gasteiger partial charge in [0.2, 0.25) is 11.8 Å². The predicted octanol–water partition coefficient (Wildman–Crippen LogP) is 1.08. The summed E-state index contributed by atoms with van der Waals surface area (Å²) < 4.78 is 5.46. The van der Waals surface area contributed by atoms with Crippen molar-refractivity contribution in [2.45, 2.75) is 43.8 Å². The first-order chi connectivity index (χ1) is 11.1. The lowest BCUT2D eigenvalue weighted by Gasteiger charge is -2.53. The molecule has 23 heavy (non-hydrogen) atoms. The molecule has 0 aliphatic carbocycles. The van der Waals surface area contributed by atoms with Crippen molar-refractivity contribution in [2.24, 2.45) is 0 Å². The fraction of sp³-hybridized carbons (Fsp3) is 0.647. The summed E-state index contributed by atoms with van der Waals surface area (Å²) in [5, 5.41) is 0. The lowest BCUT2D eigenvalue weighted by atomic mass is 9.81. The zero-order chi connectivity index (χ0) is 16.0. The molecule has 1 spiro atoms. The van der Waals surface area contributed by atoms with Crippen LogP contribution in [0.15, 0.2) is 22.8 Å². The van der Waals surface area contributed by atoms with E-state index in [1.165, 1.54) is 0 Å². The van der Waals surface area contributed by atoms with E-state index in [-0.39, 0.29) is 17.9 Å². The average molecular weight is 317 g/mol. The van der Waals surface area contributed by atoms with Crippen LogP contribution in [0.5, 0.6) is 0 Å². The number of hydrogen-bond acceptors (Lipinski definition) is 4. The first kappa shape index (κ1) is 14.8. The van der Waals surface area contributed by atoms with E-state index in [9.17, 15) is 9.59 Å². The molecule has 0 aromatic carbocycles. The van der Waals surface area contributed by atoms with E-state index in [1.54, 1.807) is 6.26 Å². The Balaban J connectivity index is 1.71. The highest BCUT2D eigenvalue weighted by Crippen LogP contribution is 2.39. The van der Waals surface area contributed by atoms with Crippen LogP contribution in [0.1, 0.15) is 31.4 Å². The summed E-state index contributed by atoms with van der Waals surface area (Å²) in [6.07, 6.45) is 4.74. The van der Waals surface area contributed by atoms with Crippen molar-refractivity contribution in [1.29, 1.82) is 0 Å². The third kappa shape index (κ3) is 2.19. The summed E-state index contributed by atoms with van der Waals surface area (Å²) in [5.41, 5.74) is -0.683. The Morgan fingerprint density at radius 1 is 1.26 bits per heavy atom. The van der Waals surface area contributed by atoms with Crippen molar-refractivity contribution in [3.8, 4) is 0 Å². The Bertz CT molecular complexity index is 605. The predicted molar refractivity (Wildman–Crippen MR) is 83.5 cm³/mol. The minimum Gasteiger partial charge on any atom is -0.467 e. The van der Waals surface area contributed by atoms with Gasteiger partial charge in [-0.1, -0.05) is 0 Å². The molecule has 1 aromatic heterocycles. The van der Waals surface area contributed by atoms with E-state index in [2.05, 4.69) is 11.9 Å². The van der Waals surface area contributed by atoms with Crippen LogP contribution in [0, 0.1) is 0 Å². The molecule has 3 saturated heterocycles. The van der Waals surface area contributed by atoms with Gasteiger partial charge in [-0.3, -0.25) is 9.59 Å². The molecule has 1 atom stereocenters. The van der Waals surface area contributed by atoms with Gasteiger partial charge in [-0.05, 0) is 44.9 Å². The second kappa shape index (κ2) is 5.37. The summed E-state index contributed by atoms with van der Waals surface area (Å²) in [7, 11) is 2.07. The van der Waals surface area contributed by atoms with Gasteiger partial charge in [0.1, 0.15) is 17.3 Å². The zero-order valence-corrected chi connectivity index (χ0v) is 13.5. The quantitative estimate of drug-likeness (QED) is 0.819. The maximum Gasteiger partial charge on any atom is 0.249 e. The molecule has 0 bridgehead atoms. The molecule has 124 valence electrons. The van der Waals surface area contributed by atoms with Gasteiger partial charge in [0.15, 0.2) is 0 Å². The first-order valence-electron chi connectivity index (χ1n) is 8.45. The van der Waals surface area contributed by atoms with Crippen molar-refractivity contribution in [1.82, 2.24) is 14.7 Å². The summed E-state index contributed by atoms with van der Waals surface area (Å²) in [6, 6.07) is 3.44. The number of piperidine rings is 1. The number of fused-ring (bicyclic) bond motifs is 1. The molecule has 3 aliphatic rings. The van der Waals surface area contributed by atoms with Crippen LogP contribution in [0.2, 0.25) is 0 Å². The number of carbonyl (C=O) groups excluding carboxylic acids is 2. The Labute approximate surface area is 136 Å². The van der Waals surface area contributed by atoms with E-state index in [0.717, 1.165) is 38.2 Å². The summed E-state index contributed by atoms with van der Waals surface area (Å²) in [5.74, 6) is 0.998. The number of furan rings is 1. The molecule has 4 heterocycles. The van der Waals surface area contributed by atoms with Gasteiger partial charge in [0.25, 0.3) is 0 Å². The maximum atomic E-state index is 13.3. The summed E-state index contributed by atoms with van der Waals surface area (Å²) >= 11 is 0. The number of carbonyl (C=O) groups is 2. The van der Waals surface area contributed by atoms with E-state index in [4.69, 9.17) is 4.42 Å². The van der Waals surface area contributed by atoms with Gasteiger partial charge in [0, 0.05) is 19.6 Å². The first-order valence-corrected chi connectivity index (χ1v) is 8.45. The number of hydrogen-bond donors (Lipinski definition) is 0. The van der Waals surface area contributed by atoms with Crippen LogP contribution in [-0.4, -0.2) is 64.8 Å². The van der Waals surface area contributed by atoms with Crippen molar-refractivity contribution < 1.29 is 14.0 Å². The van der Waals surface area contributed by atoms with Gasteiger partial charge >= 0.3 is 0 Å². The summed E-state index contributed by atoms with van der Waals surface area (Å²) in [4.78, 5) is 32.3. The SMILES string of the molecule is CN1CCC2(CC1)C(=O)N1CCCC1C(=O)N2Cc1ccco1. The van der Waals surface area contributed by atoms with Crippen LogP contribution in [0.4, 0.5) is 0 Å². The number of rotatable bonds is 2. The number of amides is 2. The van der Waals surface area contributed by atoms with Gasteiger partial charge in [-0.15, -0.1) is 0 Å². The molecule has 3 aliphatic heterocycles. The fourth-order valence-corrected chi connectivity index (χ4v) is 4.30. The van der Waals surface area contributed by atoms with Crippen LogP contribution < -0.4 is 0 Å². The zero-order valence-electron chi connectivity index (χ0n) is 13.5. The van der Waals surface area contributed by atoms with Crippen LogP contribution in [-0.2, 0) is 16.1 Å². The summed E-state index contributed by atoms with van der Waals surface area (Å²) in [6.45, 7) is 2.80. The van der Waals surface area contributed by atoms with Crippen molar-refractivity contribution in [3.63, 3.8) is 0 Å². The standard InChI is InChI=1S/C17H23N3O3/c1-18-9-6-17(7-10-18)16(22)19-8-2-5-14(19)15(21)20(17)12-13-4-3-11-23-13/h3-4,11,14H,2,5-10,12H2,1H3.